The molecule has 2 rings (SSSR count). The summed E-state index contributed by atoms with van der Waals surface area (Å²) in [5.41, 5.74) is 0.607. The second-order valence-electron chi connectivity index (χ2n) is 5.38. The van der Waals surface area contributed by atoms with E-state index in [1.807, 2.05) is 13.0 Å². The molecular formula is C17H23NO2. The number of nitrogens with zero attached hydrogens (tertiary/aromatic N) is 1. The van der Waals surface area contributed by atoms with Crippen LogP contribution in [0.1, 0.15) is 51.5 Å². The molecule has 0 heterocycles. The molecule has 1 saturated carbocycles. The summed E-state index contributed by atoms with van der Waals surface area (Å²) in [6.07, 6.45) is 6.29. The van der Waals surface area contributed by atoms with Crippen molar-refractivity contribution in [1.29, 1.82) is 5.26 Å². The molecule has 0 amide bonds. The van der Waals surface area contributed by atoms with Crippen LogP contribution >= 0.6 is 0 Å². The molecule has 0 aromatic heterocycles. The van der Waals surface area contributed by atoms with E-state index in [1.165, 1.54) is 19.3 Å². The molecule has 0 N–H and O–H groups in total. The summed E-state index contributed by atoms with van der Waals surface area (Å²) < 4.78 is 11.7. The van der Waals surface area contributed by atoms with Gasteiger partial charge in [-0.1, -0.05) is 13.3 Å². The average molecular weight is 273 g/mol. The van der Waals surface area contributed by atoms with Gasteiger partial charge in [0.1, 0.15) is 0 Å². The van der Waals surface area contributed by atoms with Gasteiger partial charge < -0.3 is 9.47 Å². The van der Waals surface area contributed by atoms with Crippen LogP contribution in [0, 0.1) is 17.2 Å². The minimum Gasteiger partial charge on any atom is -0.490 e. The van der Waals surface area contributed by atoms with Crippen molar-refractivity contribution in [2.45, 2.75) is 52.1 Å². The van der Waals surface area contributed by atoms with Crippen molar-refractivity contribution < 1.29 is 9.47 Å². The lowest BCUT2D eigenvalue weighted by molar-refractivity contribution is 0.125. The maximum atomic E-state index is 8.95. The number of ether oxygens (including phenoxy) is 2. The first-order valence-corrected chi connectivity index (χ1v) is 7.60. The lowest BCUT2D eigenvalue weighted by Crippen LogP contribution is -2.24. The second-order valence-corrected chi connectivity index (χ2v) is 5.38. The van der Waals surface area contributed by atoms with Gasteiger partial charge in [-0.15, -0.1) is 0 Å². The molecule has 108 valence electrons. The van der Waals surface area contributed by atoms with Crippen LogP contribution in [0.5, 0.6) is 11.5 Å². The van der Waals surface area contributed by atoms with Crippen molar-refractivity contribution >= 4 is 0 Å². The van der Waals surface area contributed by atoms with Crippen molar-refractivity contribution in [2.75, 3.05) is 6.61 Å². The predicted octanol–water partition coefficient (Wildman–Crippen LogP) is 4.30. The van der Waals surface area contributed by atoms with Crippen LogP contribution in [0.2, 0.25) is 0 Å². The molecule has 0 spiro atoms. The fraction of sp³-hybridized carbons (Fsp3) is 0.588. The fourth-order valence-corrected chi connectivity index (χ4v) is 2.78. The van der Waals surface area contributed by atoms with Gasteiger partial charge in [-0.05, 0) is 50.7 Å². The number of hydrogen-bond acceptors (Lipinski definition) is 3. The van der Waals surface area contributed by atoms with Crippen LogP contribution in [-0.2, 0) is 0 Å². The van der Waals surface area contributed by atoms with Crippen molar-refractivity contribution in [3.63, 3.8) is 0 Å². The summed E-state index contributed by atoms with van der Waals surface area (Å²) in [6.45, 7) is 4.78. The van der Waals surface area contributed by atoms with E-state index < -0.39 is 0 Å². The molecule has 1 fully saturated rings. The van der Waals surface area contributed by atoms with Gasteiger partial charge in [0.05, 0.1) is 24.3 Å². The Bertz CT molecular complexity index is 470. The van der Waals surface area contributed by atoms with Crippen LogP contribution in [-0.4, -0.2) is 12.7 Å². The van der Waals surface area contributed by atoms with E-state index in [0.29, 0.717) is 17.9 Å². The van der Waals surface area contributed by atoms with E-state index in [0.717, 1.165) is 24.5 Å². The normalized spacial score (nSPS) is 22.1. The van der Waals surface area contributed by atoms with Crippen molar-refractivity contribution in [1.82, 2.24) is 0 Å². The molecule has 1 aliphatic rings. The van der Waals surface area contributed by atoms with Gasteiger partial charge in [-0.2, -0.15) is 5.26 Å². The van der Waals surface area contributed by atoms with E-state index >= 15 is 0 Å². The fourth-order valence-electron chi connectivity index (χ4n) is 2.78. The Balaban J connectivity index is 2.03. The summed E-state index contributed by atoms with van der Waals surface area (Å²) in [4.78, 5) is 0. The standard InChI is InChI=1S/C17H23NO2/c1-3-13-5-8-15(9-6-13)20-16-10-7-14(12-18)11-17(16)19-4-2/h7,10-11,13,15H,3-6,8-9H2,1-2H3. The molecule has 20 heavy (non-hydrogen) atoms. The Hall–Kier alpha value is -1.69. The highest BCUT2D eigenvalue weighted by Crippen LogP contribution is 2.34. The van der Waals surface area contributed by atoms with E-state index in [4.69, 9.17) is 14.7 Å². The highest BCUT2D eigenvalue weighted by molar-refractivity contribution is 5.46. The number of rotatable bonds is 5. The smallest absolute Gasteiger partial charge is 0.162 e. The summed E-state index contributed by atoms with van der Waals surface area (Å²) in [5, 5.41) is 8.95. The monoisotopic (exact) mass is 273 g/mol. The Morgan fingerprint density at radius 2 is 1.90 bits per heavy atom. The Labute approximate surface area is 121 Å². The zero-order chi connectivity index (χ0) is 14.4. The Morgan fingerprint density at radius 3 is 2.50 bits per heavy atom. The van der Waals surface area contributed by atoms with Crippen LogP contribution in [0.4, 0.5) is 0 Å². The van der Waals surface area contributed by atoms with E-state index in [2.05, 4.69) is 13.0 Å². The molecule has 0 radical (unpaired) electrons. The molecule has 3 heteroatoms. The van der Waals surface area contributed by atoms with Gasteiger partial charge in [0.2, 0.25) is 0 Å². The minimum atomic E-state index is 0.282. The average Bonchev–Trinajstić information content (AvgIpc) is 2.50. The maximum Gasteiger partial charge on any atom is 0.162 e. The van der Waals surface area contributed by atoms with Gasteiger partial charge in [-0.25, -0.2) is 0 Å². The third-order valence-corrected chi connectivity index (χ3v) is 4.04. The molecule has 3 nitrogen and oxygen atoms in total. The second kappa shape index (κ2) is 7.19. The van der Waals surface area contributed by atoms with Crippen LogP contribution in [0.3, 0.4) is 0 Å². The number of hydrogen-bond donors (Lipinski definition) is 0. The number of benzene rings is 1. The third kappa shape index (κ3) is 3.66. The first-order valence-electron chi connectivity index (χ1n) is 7.60. The van der Waals surface area contributed by atoms with E-state index in [-0.39, 0.29) is 6.10 Å². The highest BCUT2D eigenvalue weighted by atomic mass is 16.5. The third-order valence-electron chi connectivity index (χ3n) is 4.04. The van der Waals surface area contributed by atoms with Crippen molar-refractivity contribution in [3.8, 4) is 17.6 Å². The largest absolute Gasteiger partial charge is 0.490 e. The highest BCUT2D eigenvalue weighted by Gasteiger charge is 2.22. The van der Waals surface area contributed by atoms with Gasteiger partial charge >= 0.3 is 0 Å². The molecule has 0 aliphatic heterocycles. The molecule has 0 unspecified atom stereocenters. The SMILES string of the molecule is CCOc1cc(C#N)ccc1OC1CCC(CC)CC1. The van der Waals surface area contributed by atoms with Gasteiger partial charge in [0.15, 0.2) is 11.5 Å². The van der Waals surface area contributed by atoms with Gasteiger partial charge in [0.25, 0.3) is 0 Å². The van der Waals surface area contributed by atoms with Crippen molar-refractivity contribution in [2.24, 2.45) is 5.92 Å². The van der Waals surface area contributed by atoms with Crippen molar-refractivity contribution in [3.05, 3.63) is 23.8 Å². The molecular weight excluding hydrogens is 250 g/mol. The minimum absolute atomic E-state index is 0.282. The molecule has 1 aliphatic carbocycles. The number of nitriles is 1. The first kappa shape index (κ1) is 14.7. The summed E-state index contributed by atoms with van der Waals surface area (Å²) in [6, 6.07) is 7.54. The molecule has 1 aromatic rings. The van der Waals surface area contributed by atoms with Gasteiger partial charge in [-0.3, -0.25) is 0 Å². The van der Waals surface area contributed by atoms with E-state index in [9.17, 15) is 0 Å². The summed E-state index contributed by atoms with van der Waals surface area (Å²) >= 11 is 0. The topological polar surface area (TPSA) is 42.2 Å². The Morgan fingerprint density at radius 1 is 1.15 bits per heavy atom. The summed E-state index contributed by atoms with van der Waals surface area (Å²) in [7, 11) is 0. The first-order chi connectivity index (χ1) is 9.76. The summed E-state index contributed by atoms with van der Waals surface area (Å²) in [5.74, 6) is 2.32. The maximum absolute atomic E-state index is 8.95. The molecule has 1 aromatic carbocycles. The lowest BCUT2D eigenvalue weighted by Gasteiger charge is -2.28. The van der Waals surface area contributed by atoms with Gasteiger partial charge in [0, 0.05) is 6.07 Å². The molecule has 0 atom stereocenters. The van der Waals surface area contributed by atoms with Crippen LogP contribution < -0.4 is 9.47 Å². The quantitative estimate of drug-likeness (QED) is 0.803. The zero-order valence-electron chi connectivity index (χ0n) is 12.4. The Kier molecular flexibility index (Phi) is 5.29. The van der Waals surface area contributed by atoms with Crippen LogP contribution in [0.15, 0.2) is 18.2 Å². The lowest BCUT2D eigenvalue weighted by atomic mass is 9.86. The molecule has 0 bridgehead atoms. The zero-order valence-corrected chi connectivity index (χ0v) is 12.4. The van der Waals surface area contributed by atoms with E-state index in [1.54, 1.807) is 12.1 Å². The molecule has 0 saturated heterocycles. The van der Waals surface area contributed by atoms with Crippen LogP contribution in [0.25, 0.3) is 0 Å². The predicted molar refractivity (Wildman–Crippen MR) is 79.0 cm³/mol.